The second kappa shape index (κ2) is 2.13. The van der Waals surface area contributed by atoms with Gasteiger partial charge in [0, 0.05) is 27.1 Å². The van der Waals surface area contributed by atoms with Crippen LogP contribution in [0, 0.1) is 0 Å². The summed E-state index contributed by atoms with van der Waals surface area (Å²) in [6.07, 6.45) is 0.127. The van der Waals surface area contributed by atoms with Gasteiger partial charge in [0.1, 0.15) is 0 Å². The van der Waals surface area contributed by atoms with Crippen molar-refractivity contribution in [2.75, 3.05) is 14.2 Å². The molecule has 0 amide bonds. The lowest BCUT2D eigenvalue weighted by atomic mass is 9.86. The fraction of sp³-hybridized carbons (Fsp3) is 1.00. The molecule has 0 aliphatic heterocycles. The molecule has 0 spiro atoms. The van der Waals surface area contributed by atoms with E-state index in [4.69, 9.17) is 0 Å². The van der Waals surface area contributed by atoms with Gasteiger partial charge in [0.05, 0.1) is 0 Å². The van der Waals surface area contributed by atoms with Crippen molar-refractivity contribution in [1.29, 1.82) is 0 Å². The van der Waals surface area contributed by atoms with E-state index in [1.807, 2.05) is 0 Å². The first-order valence-corrected chi connectivity index (χ1v) is 3.06. The number of methoxy groups -OCH3 is 2. The zero-order valence-electron chi connectivity index (χ0n) is 5.99. The van der Waals surface area contributed by atoms with Crippen LogP contribution in [-0.2, 0) is 9.47 Å². The highest BCUT2D eigenvalue weighted by atomic mass is 19.2. The lowest BCUT2D eigenvalue weighted by molar-refractivity contribution is -0.365. The predicted molar refractivity (Wildman–Crippen MR) is 30.9 cm³/mol. The molecule has 60 valence electrons. The molecular formula is C6H10F2O2. The summed E-state index contributed by atoms with van der Waals surface area (Å²) in [4.78, 5) is 0. The first-order valence-electron chi connectivity index (χ1n) is 3.06. The summed E-state index contributed by atoms with van der Waals surface area (Å²) in [5, 5.41) is 0. The van der Waals surface area contributed by atoms with E-state index in [1.165, 1.54) is 0 Å². The minimum atomic E-state index is -2.22. The molecule has 1 saturated carbocycles. The van der Waals surface area contributed by atoms with Crippen LogP contribution in [0.3, 0.4) is 0 Å². The van der Waals surface area contributed by atoms with Crippen molar-refractivity contribution in [2.24, 2.45) is 0 Å². The van der Waals surface area contributed by atoms with E-state index in [2.05, 4.69) is 9.47 Å². The van der Waals surface area contributed by atoms with E-state index in [0.717, 1.165) is 14.2 Å². The zero-order chi connectivity index (χ0) is 7.83. The molecule has 0 aromatic rings. The molecule has 1 rings (SSSR count). The lowest BCUT2D eigenvalue weighted by Crippen LogP contribution is -2.59. The predicted octanol–water partition coefficient (Wildman–Crippen LogP) is 1.40. The number of alkyl halides is 2. The molecule has 4 heteroatoms. The van der Waals surface area contributed by atoms with Gasteiger partial charge in [-0.25, -0.2) is 8.78 Å². The molecule has 1 fully saturated rings. The van der Waals surface area contributed by atoms with Crippen LogP contribution in [0.15, 0.2) is 0 Å². The quantitative estimate of drug-likeness (QED) is 0.595. The van der Waals surface area contributed by atoms with Crippen LogP contribution >= 0.6 is 0 Å². The Morgan fingerprint density at radius 1 is 1.00 bits per heavy atom. The SMILES string of the molecule is COC1(F)CCC1(F)OC. The Labute approximate surface area is 58.1 Å². The fourth-order valence-electron chi connectivity index (χ4n) is 1.03. The molecule has 10 heavy (non-hydrogen) atoms. The van der Waals surface area contributed by atoms with Gasteiger partial charge in [-0.2, -0.15) is 0 Å². The number of hydrogen-bond acceptors (Lipinski definition) is 2. The summed E-state index contributed by atoms with van der Waals surface area (Å²) in [6, 6.07) is 0. The van der Waals surface area contributed by atoms with Crippen LogP contribution in [0.2, 0.25) is 0 Å². The molecule has 0 N–H and O–H groups in total. The Hall–Kier alpha value is -0.220. The molecule has 0 bridgehead atoms. The Kier molecular flexibility index (Phi) is 1.68. The van der Waals surface area contributed by atoms with E-state index in [-0.39, 0.29) is 12.8 Å². The summed E-state index contributed by atoms with van der Waals surface area (Å²) in [6.45, 7) is 0. The van der Waals surface area contributed by atoms with Gasteiger partial charge in [0.25, 0.3) is 11.7 Å². The smallest absolute Gasteiger partial charge is 0.268 e. The minimum absolute atomic E-state index is 0.0633. The van der Waals surface area contributed by atoms with Gasteiger partial charge in [-0.05, 0) is 0 Å². The topological polar surface area (TPSA) is 18.5 Å². The van der Waals surface area contributed by atoms with Crippen molar-refractivity contribution in [2.45, 2.75) is 24.6 Å². The number of rotatable bonds is 2. The van der Waals surface area contributed by atoms with Gasteiger partial charge in [-0.3, -0.25) is 0 Å². The van der Waals surface area contributed by atoms with Crippen LogP contribution in [-0.4, -0.2) is 25.9 Å². The fourth-order valence-corrected chi connectivity index (χ4v) is 1.03. The van der Waals surface area contributed by atoms with Crippen molar-refractivity contribution in [3.05, 3.63) is 0 Å². The maximum absolute atomic E-state index is 13.0. The molecule has 0 radical (unpaired) electrons. The van der Waals surface area contributed by atoms with Crippen molar-refractivity contribution >= 4 is 0 Å². The van der Waals surface area contributed by atoms with Crippen LogP contribution in [0.1, 0.15) is 12.8 Å². The van der Waals surface area contributed by atoms with E-state index >= 15 is 0 Å². The van der Waals surface area contributed by atoms with Crippen LogP contribution in [0.5, 0.6) is 0 Å². The second-order valence-electron chi connectivity index (χ2n) is 2.37. The third kappa shape index (κ3) is 0.754. The Morgan fingerprint density at radius 3 is 1.40 bits per heavy atom. The Balaban J connectivity index is 2.64. The van der Waals surface area contributed by atoms with E-state index in [9.17, 15) is 8.78 Å². The Bertz CT molecular complexity index is 118. The van der Waals surface area contributed by atoms with E-state index in [1.54, 1.807) is 0 Å². The van der Waals surface area contributed by atoms with Gasteiger partial charge >= 0.3 is 0 Å². The lowest BCUT2D eigenvalue weighted by Gasteiger charge is -2.45. The average molecular weight is 152 g/mol. The summed E-state index contributed by atoms with van der Waals surface area (Å²) in [7, 11) is 2.26. The summed E-state index contributed by atoms with van der Waals surface area (Å²) in [5.41, 5.74) is 0. The monoisotopic (exact) mass is 152 g/mol. The first kappa shape index (κ1) is 7.88. The molecule has 1 aliphatic rings. The van der Waals surface area contributed by atoms with Gasteiger partial charge in [0.15, 0.2) is 0 Å². The third-order valence-electron chi connectivity index (χ3n) is 1.97. The standard InChI is InChI=1S/C6H10F2O2/c1-9-5(7)3-4-6(5,8)10-2/h3-4H2,1-2H3. The number of halogens is 2. The number of hydrogen-bond donors (Lipinski definition) is 0. The van der Waals surface area contributed by atoms with Gasteiger partial charge in [-0.15, -0.1) is 0 Å². The van der Waals surface area contributed by atoms with Gasteiger partial charge in [-0.1, -0.05) is 0 Å². The molecule has 2 nitrogen and oxygen atoms in total. The number of ether oxygens (including phenoxy) is 2. The van der Waals surface area contributed by atoms with Crippen LogP contribution in [0.4, 0.5) is 8.78 Å². The first-order chi connectivity index (χ1) is 4.58. The van der Waals surface area contributed by atoms with E-state index in [0.29, 0.717) is 0 Å². The van der Waals surface area contributed by atoms with E-state index < -0.39 is 11.7 Å². The maximum atomic E-state index is 13.0. The molecule has 1 aliphatic carbocycles. The van der Waals surface area contributed by atoms with Crippen molar-refractivity contribution in [3.63, 3.8) is 0 Å². The minimum Gasteiger partial charge on any atom is -0.345 e. The van der Waals surface area contributed by atoms with Crippen molar-refractivity contribution < 1.29 is 18.3 Å². The zero-order valence-corrected chi connectivity index (χ0v) is 5.99. The molecule has 0 saturated heterocycles. The molecule has 0 aromatic heterocycles. The van der Waals surface area contributed by atoms with Crippen molar-refractivity contribution in [3.8, 4) is 0 Å². The highest BCUT2D eigenvalue weighted by Crippen LogP contribution is 2.49. The third-order valence-corrected chi connectivity index (χ3v) is 1.97. The summed E-state index contributed by atoms with van der Waals surface area (Å²) >= 11 is 0. The normalized spacial score (nSPS) is 46.8. The van der Waals surface area contributed by atoms with Crippen LogP contribution < -0.4 is 0 Å². The highest BCUT2D eigenvalue weighted by Gasteiger charge is 2.63. The molecule has 2 atom stereocenters. The van der Waals surface area contributed by atoms with Crippen LogP contribution in [0.25, 0.3) is 0 Å². The summed E-state index contributed by atoms with van der Waals surface area (Å²) in [5.74, 6) is -4.44. The molecule has 0 aromatic carbocycles. The van der Waals surface area contributed by atoms with Crippen molar-refractivity contribution in [1.82, 2.24) is 0 Å². The molecule has 2 unspecified atom stereocenters. The molecule has 0 heterocycles. The molecular weight excluding hydrogens is 142 g/mol. The largest absolute Gasteiger partial charge is 0.345 e. The Morgan fingerprint density at radius 2 is 1.30 bits per heavy atom. The van der Waals surface area contributed by atoms with Gasteiger partial charge in [0.2, 0.25) is 0 Å². The summed E-state index contributed by atoms with van der Waals surface area (Å²) < 4.78 is 34.6. The highest BCUT2D eigenvalue weighted by molar-refractivity contribution is 4.97. The average Bonchev–Trinajstić information content (AvgIpc) is 1.99. The maximum Gasteiger partial charge on any atom is 0.268 e. The van der Waals surface area contributed by atoms with Gasteiger partial charge < -0.3 is 9.47 Å². The second-order valence-corrected chi connectivity index (χ2v) is 2.37.